The maximum Gasteiger partial charge on any atom is 0.0270 e. The van der Waals surface area contributed by atoms with Gasteiger partial charge in [0.1, 0.15) is 0 Å². The first-order chi connectivity index (χ1) is 7.68. The van der Waals surface area contributed by atoms with Crippen LogP contribution in [0.25, 0.3) is 0 Å². The van der Waals surface area contributed by atoms with E-state index in [1.807, 2.05) is 19.4 Å². The molecule has 2 nitrogen and oxygen atoms in total. The van der Waals surface area contributed by atoms with Crippen LogP contribution in [0.15, 0.2) is 24.5 Å². The quantitative estimate of drug-likeness (QED) is 0.840. The topological polar surface area (TPSA) is 24.9 Å². The van der Waals surface area contributed by atoms with E-state index in [0.29, 0.717) is 5.41 Å². The predicted molar refractivity (Wildman–Crippen MR) is 67.4 cm³/mol. The molecule has 16 heavy (non-hydrogen) atoms. The number of aromatic nitrogens is 1. The molecule has 88 valence electrons. The van der Waals surface area contributed by atoms with Gasteiger partial charge in [-0.2, -0.15) is 0 Å². The van der Waals surface area contributed by atoms with E-state index in [0.717, 1.165) is 18.4 Å². The van der Waals surface area contributed by atoms with Crippen LogP contribution < -0.4 is 5.32 Å². The van der Waals surface area contributed by atoms with Crippen molar-refractivity contribution in [2.24, 2.45) is 11.8 Å². The zero-order valence-corrected chi connectivity index (χ0v) is 10.5. The number of nitrogens with one attached hydrogen (secondary N) is 1. The number of pyridine rings is 1. The van der Waals surface area contributed by atoms with Gasteiger partial charge in [-0.3, -0.25) is 4.98 Å². The molecule has 1 aliphatic carbocycles. The van der Waals surface area contributed by atoms with Crippen molar-refractivity contribution < 1.29 is 0 Å². The number of likely N-dealkylation sites (N-methyl/N-ethyl adjacent to an activating group) is 1. The Labute approximate surface area is 98.5 Å². The molecule has 0 bridgehead atoms. The molecule has 1 aromatic rings. The Morgan fingerprint density at radius 1 is 1.38 bits per heavy atom. The van der Waals surface area contributed by atoms with Gasteiger partial charge in [-0.15, -0.1) is 0 Å². The molecule has 0 spiro atoms. The lowest BCUT2D eigenvalue weighted by Crippen LogP contribution is -2.49. The summed E-state index contributed by atoms with van der Waals surface area (Å²) < 4.78 is 0. The average Bonchev–Trinajstić information content (AvgIpc) is 2.23. The first kappa shape index (κ1) is 11.6. The fourth-order valence-electron chi connectivity index (χ4n) is 2.94. The zero-order chi connectivity index (χ0) is 11.6. The highest BCUT2D eigenvalue weighted by Crippen LogP contribution is 2.50. The van der Waals surface area contributed by atoms with E-state index in [4.69, 9.17) is 0 Å². The fourth-order valence-corrected chi connectivity index (χ4v) is 2.94. The maximum absolute atomic E-state index is 4.11. The van der Waals surface area contributed by atoms with E-state index in [9.17, 15) is 0 Å². The Balaban J connectivity index is 2.14. The van der Waals surface area contributed by atoms with Gasteiger partial charge in [-0.25, -0.2) is 0 Å². The second-order valence-corrected chi connectivity index (χ2v) is 5.46. The molecule has 0 aliphatic heterocycles. The molecule has 0 radical (unpaired) electrons. The maximum atomic E-state index is 4.11. The molecule has 2 heteroatoms. The van der Waals surface area contributed by atoms with E-state index < -0.39 is 0 Å². The number of hydrogen-bond donors (Lipinski definition) is 1. The molecule has 1 aliphatic rings. The lowest BCUT2D eigenvalue weighted by atomic mass is 9.56. The van der Waals surface area contributed by atoms with Crippen LogP contribution in [0.4, 0.5) is 0 Å². The third-order valence-corrected chi connectivity index (χ3v) is 4.06. The first-order valence-corrected chi connectivity index (χ1v) is 6.23. The summed E-state index contributed by atoms with van der Waals surface area (Å²) in [5.74, 6) is 1.70. The van der Waals surface area contributed by atoms with Crippen LogP contribution in [0.1, 0.15) is 32.3 Å². The SMILES string of the molecule is CNCC1(c2ccncc2)CC(C(C)C)C1. The Morgan fingerprint density at radius 2 is 2.00 bits per heavy atom. The predicted octanol–water partition coefficient (Wildman–Crippen LogP) is 2.60. The monoisotopic (exact) mass is 218 g/mol. The minimum atomic E-state index is 0.368. The molecule has 0 atom stereocenters. The highest BCUT2D eigenvalue weighted by molar-refractivity contribution is 5.27. The first-order valence-electron chi connectivity index (χ1n) is 6.23. The van der Waals surface area contributed by atoms with Crippen molar-refractivity contribution in [3.63, 3.8) is 0 Å². The molecule has 1 N–H and O–H groups in total. The Morgan fingerprint density at radius 3 is 2.50 bits per heavy atom. The van der Waals surface area contributed by atoms with Crippen molar-refractivity contribution in [3.05, 3.63) is 30.1 Å². The van der Waals surface area contributed by atoms with Crippen molar-refractivity contribution in [2.75, 3.05) is 13.6 Å². The van der Waals surface area contributed by atoms with Crippen molar-refractivity contribution in [1.82, 2.24) is 10.3 Å². The standard InChI is InChI=1S/C14H22N2/c1-11(2)12-8-14(9-12,10-15-3)13-4-6-16-7-5-13/h4-7,11-12,15H,8-10H2,1-3H3. The van der Waals surface area contributed by atoms with Crippen LogP contribution >= 0.6 is 0 Å². The Hall–Kier alpha value is -0.890. The second kappa shape index (κ2) is 4.54. The van der Waals surface area contributed by atoms with Crippen LogP contribution in [0, 0.1) is 11.8 Å². The van der Waals surface area contributed by atoms with Crippen molar-refractivity contribution in [3.8, 4) is 0 Å². The summed E-state index contributed by atoms with van der Waals surface area (Å²) in [5, 5.41) is 3.35. The molecule has 1 aromatic heterocycles. The van der Waals surface area contributed by atoms with Gasteiger partial charge in [-0.1, -0.05) is 13.8 Å². The second-order valence-electron chi connectivity index (χ2n) is 5.46. The smallest absolute Gasteiger partial charge is 0.0270 e. The highest BCUT2D eigenvalue weighted by Gasteiger charge is 2.45. The summed E-state index contributed by atoms with van der Waals surface area (Å²) in [5.41, 5.74) is 1.82. The molecule has 0 aromatic carbocycles. The van der Waals surface area contributed by atoms with E-state index in [2.05, 4.69) is 36.3 Å². The van der Waals surface area contributed by atoms with Gasteiger partial charge in [0.05, 0.1) is 0 Å². The van der Waals surface area contributed by atoms with E-state index in [-0.39, 0.29) is 0 Å². The van der Waals surface area contributed by atoms with Crippen LogP contribution in [-0.2, 0) is 5.41 Å². The van der Waals surface area contributed by atoms with Crippen LogP contribution in [0.5, 0.6) is 0 Å². The van der Waals surface area contributed by atoms with Gasteiger partial charge in [0, 0.05) is 24.4 Å². The zero-order valence-electron chi connectivity index (χ0n) is 10.5. The molecule has 0 amide bonds. The molecular weight excluding hydrogens is 196 g/mol. The summed E-state index contributed by atoms with van der Waals surface area (Å²) in [6, 6.07) is 4.35. The number of rotatable bonds is 4. The Kier molecular flexibility index (Phi) is 3.29. The molecule has 1 saturated carbocycles. The molecule has 2 rings (SSSR count). The lowest BCUT2D eigenvalue weighted by Gasteiger charge is -2.50. The van der Waals surface area contributed by atoms with Gasteiger partial charge >= 0.3 is 0 Å². The molecular formula is C14H22N2. The average molecular weight is 218 g/mol. The van der Waals surface area contributed by atoms with Crippen molar-refractivity contribution >= 4 is 0 Å². The number of hydrogen-bond acceptors (Lipinski definition) is 2. The summed E-state index contributed by atoms with van der Waals surface area (Å²) in [6.07, 6.45) is 6.45. The van der Waals surface area contributed by atoms with E-state index in [1.165, 1.54) is 18.4 Å². The van der Waals surface area contributed by atoms with Crippen LogP contribution in [0.3, 0.4) is 0 Å². The summed E-state index contributed by atoms with van der Waals surface area (Å²) >= 11 is 0. The highest BCUT2D eigenvalue weighted by atomic mass is 14.8. The Bertz CT molecular complexity index is 326. The van der Waals surface area contributed by atoms with Gasteiger partial charge in [0.15, 0.2) is 0 Å². The van der Waals surface area contributed by atoms with Gasteiger partial charge < -0.3 is 5.32 Å². The summed E-state index contributed by atoms with van der Waals surface area (Å²) in [6.45, 7) is 5.75. The third kappa shape index (κ3) is 1.99. The molecule has 0 unspecified atom stereocenters. The molecule has 0 saturated heterocycles. The van der Waals surface area contributed by atoms with Crippen LogP contribution in [-0.4, -0.2) is 18.6 Å². The van der Waals surface area contributed by atoms with Gasteiger partial charge in [0.25, 0.3) is 0 Å². The number of nitrogens with zero attached hydrogens (tertiary/aromatic N) is 1. The minimum Gasteiger partial charge on any atom is -0.319 e. The van der Waals surface area contributed by atoms with E-state index in [1.54, 1.807) is 0 Å². The van der Waals surface area contributed by atoms with E-state index >= 15 is 0 Å². The normalized spacial score (nSPS) is 29.1. The van der Waals surface area contributed by atoms with Gasteiger partial charge in [-0.05, 0) is 49.4 Å². The van der Waals surface area contributed by atoms with Gasteiger partial charge in [0.2, 0.25) is 0 Å². The fraction of sp³-hybridized carbons (Fsp3) is 0.643. The summed E-state index contributed by atoms with van der Waals surface area (Å²) in [4.78, 5) is 4.11. The summed E-state index contributed by atoms with van der Waals surface area (Å²) in [7, 11) is 2.05. The van der Waals surface area contributed by atoms with Crippen molar-refractivity contribution in [2.45, 2.75) is 32.1 Å². The lowest BCUT2D eigenvalue weighted by molar-refractivity contribution is 0.0995. The molecule has 1 heterocycles. The minimum absolute atomic E-state index is 0.368. The third-order valence-electron chi connectivity index (χ3n) is 4.06. The largest absolute Gasteiger partial charge is 0.319 e. The molecule has 1 fully saturated rings. The van der Waals surface area contributed by atoms with Crippen molar-refractivity contribution in [1.29, 1.82) is 0 Å². The van der Waals surface area contributed by atoms with Crippen LogP contribution in [0.2, 0.25) is 0 Å².